The number of benzene rings is 1. The van der Waals surface area contributed by atoms with Gasteiger partial charge in [-0.25, -0.2) is 9.78 Å². The van der Waals surface area contributed by atoms with Crippen LogP contribution in [-0.2, 0) is 11.3 Å². The van der Waals surface area contributed by atoms with Gasteiger partial charge in [0.1, 0.15) is 5.69 Å². The normalized spacial score (nSPS) is 15.6. The maximum Gasteiger partial charge on any atom is 0.356 e. The molecule has 8 heteroatoms. The molecule has 2 aromatic rings. The Balaban J connectivity index is 1.78. The van der Waals surface area contributed by atoms with Gasteiger partial charge in [-0.2, -0.15) is 0 Å². The van der Waals surface area contributed by atoms with Gasteiger partial charge in [-0.05, 0) is 69.1 Å². The molecule has 1 atom stereocenters. The number of nitrogens with one attached hydrogen (secondary N) is 2. The minimum absolute atomic E-state index is 0.0259. The van der Waals surface area contributed by atoms with Gasteiger partial charge < -0.3 is 15.4 Å². The SMILES string of the molecule is CCOC(=O)c1cccc(CNC(C(=O)c2ccc(Cl)c(Cl)c2)C2CCNCC2)n1. The van der Waals surface area contributed by atoms with E-state index in [0.29, 0.717) is 34.5 Å². The zero-order valence-electron chi connectivity index (χ0n) is 16.8. The van der Waals surface area contributed by atoms with Crippen molar-refractivity contribution < 1.29 is 14.3 Å². The lowest BCUT2D eigenvalue weighted by Gasteiger charge is -2.30. The Morgan fingerprint density at radius 1 is 1.20 bits per heavy atom. The number of hydrogen-bond acceptors (Lipinski definition) is 6. The summed E-state index contributed by atoms with van der Waals surface area (Å²) in [5, 5.41) is 7.47. The van der Waals surface area contributed by atoms with Gasteiger partial charge in [0.05, 0.1) is 28.4 Å². The fraction of sp³-hybridized carbons (Fsp3) is 0.409. The number of pyridine rings is 1. The zero-order valence-corrected chi connectivity index (χ0v) is 18.3. The summed E-state index contributed by atoms with van der Waals surface area (Å²) in [6.07, 6.45) is 1.78. The second-order valence-electron chi connectivity index (χ2n) is 7.17. The van der Waals surface area contributed by atoms with E-state index in [1.165, 1.54) is 0 Å². The highest BCUT2D eigenvalue weighted by Gasteiger charge is 2.30. The van der Waals surface area contributed by atoms with E-state index < -0.39 is 12.0 Å². The fourth-order valence-electron chi connectivity index (χ4n) is 3.59. The van der Waals surface area contributed by atoms with Crippen LogP contribution >= 0.6 is 23.2 Å². The lowest BCUT2D eigenvalue weighted by atomic mass is 9.85. The first-order chi connectivity index (χ1) is 14.5. The van der Waals surface area contributed by atoms with Crippen LogP contribution in [0.2, 0.25) is 10.0 Å². The van der Waals surface area contributed by atoms with Crippen LogP contribution in [0.1, 0.15) is 46.3 Å². The molecule has 1 aliphatic rings. The van der Waals surface area contributed by atoms with E-state index in [1.807, 2.05) is 6.07 Å². The molecule has 2 N–H and O–H groups in total. The van der Waals surface area contributed by atoms with E-state index in [4.69, 9.17) is 27.9 Å². The van der Waals surface area contributed by atoms with Crippen LogP contribution in [0, 0.1) is 5.92 Å². The largest absolute Gasteiger partial charge is 0.461 e. The minimum Gasteiger partial charge on any atom is -0.461 e. The third-order valence-corrected chi connectivity index (χ3v) is 5.88. The number of carbonyl (C=O) groups is 2. The molecule has 1 fully saturated rings. The number of aromatic nitrogens is 1. The molecule has 2 heterocycles. The van der Waals surface area contributed by atoms with Gasteiger partial charge in [-0.15, -0.1) is 0 Å². The molecule has 30 heavy (non-hydrogen) atoms. The first-order valence-corrected chi connectivity index (χ1v) is 10.8. The number of piperidine rings is 1. The van der Waals surface area contributed by atoms with Crippen molar-refractivity contribution in [3.8, 4) is 0 Å². The van der Waals surface area contributed by atoms with Crippen LogP contribution in [0.15, 0.2) is 36.4 Å². The number of esters is 1. The summed E-state index contributed by atoms with van der Waals surface area (Å²) in [6.45, 7) is 4.14. The van der Waals surface area contributed by atoms with Crippen LogP contribution in [0.3, 0.4) is 0 Å². The Morgan fingerprint density at radius 3 is 2.67 bits per heavy atom. The number of ketones is 1. The predicted molar refractivity (Wildman–Crippen MR) is 117 cm³/mol. The molecule has 6 nitrogen and oxygen atoms in total. The molecule has 3 rings (SSSR count). The Kier molecular flexibility index (Phi) is 8.22. The summed E-state index contributed by atoms with van der Waals surface area (Å²) in [6, 6.07) is 9.76. The van der Waals surface area contributed by atoms with Crippen LogP contribution in [0.25, 0.3) is 0 Å². The highest BCUT2D eigenvalue weighted by atomic mass is 35.5. The minimum atomic E-state index is -0.457. The molecular weight excluding hydrogens is 425 g/mol. The molecule has 160 valence electrons. The van der Waals surface area contributed by atoms with Gasteiger partial charge in [-0.1, -0.05) is 29.3 Å². The second kappa shape index (κ2) is 10.9. The average molecular weight is 450 g/mol. The predicted octanol–water partition coefficient (Wildman–Crippen LogP) is 3.91. The van der Waals surface area contributed by atoms with Gasteiger partial charge in [-0.3, -0.25) is 4.79 Å². The maximum atomic E-state index is 13.3. The van der Waals surface area contributed by atoms with Crippen molar-refractivity contribution in [2.24, 2.45) is 5.92 Å². The Bertz CT molecular complexity index is 901. The van der Waals surface area contributed by atoms with Gasteiger partial charge in [0, 0.05) is 12.1 Å². The summed E-state index contributed by atoms with van der Waals surface area (Å²) in [7, 11) is 0. The number of carbonyl (C=O) groups excluding carboxylic acids is 2. The summed E-state index contributed by atoms with van der Waals surface area (Å²) in [4.78, 5) is 29.6. The van der Waals surface area contributed by atoms with E-state index >= 15 is 0 Å². The van der Waals surface area contributed by atoms with Crippen molar-refractivity contribution in [1.29, 1.82) is 0 Å². The molecule has 1 saturated heterocycles. The van der Waals surface area contributed by atoms with E-state index in [1.54, 1.807) is 37.3 Å². The van der Waals surface area contributed by atoms with Crippen molar-refractivity contribution in [1.82, 2.24) is 15.6 Å². The number of rotatable bonds is 8. The Hall–Kier alpha value is -1.99. The highest BCUT2D eigenvalue weighted by molar-refractivity contribution is 6.42. The van der Waals surface area contributed by atoms with Crippen molar-refractivity contribution in [2.75, 3.05) is 19.7 Å². The molecule has 0 bridgehead atoms. The van der Waals surface area contributed by atoms with Crippen molar-refractivity contribution >= 4 is 35.0 Å². The zero-order chi connectivity index (χ0) is 21.5. The third-order valence-electron chi connectivity index (χ3n) is 5.14. The first-order valence-electron chi connectivity index (χ1n) is 10.1. The van der Waals surface area contributed by atoms with Crippen molar-refractivity contribution in [3.05, 3.63) is 63.4 Å². The van der Waals surface area contributed by atoms with E-state index in [-0.39, 0.29) is 17.4 Å². The van der Waals surface area contributed by atoms with Crippen LogP contribution in [-0.4, -0.2) is 42.5 Å². The van der Waals surface area contributed by atoms with Gasteiger partial charge >= 0.3 is 5.97 Å². The van der Waals surface area contributed by atoms with Gasteiger partial charge in [0.15, 0.2) is 5.78 Å². The summed E-state index contributed by atoms with van der Waals surface area (Å²) in [5.41, 5.74) is 1.44. The number of hydrogen-bond donors (Lipinski definition) is 2. The fourth-order valence-corrected chi connectivity index (χ4v) is 3.89. The molecule has 1 aromatic heterocycles. The Morgan fingerprint density at radius 2 is 1.97 bits per heavy atom. The molecule has 0 amide bonds. The lowest BCUT2D eigenvalue weighted by molar-refractivity contribution is 0.0518. The molecular formula is C22H25Cl2N3O3. The number of ether oxygens (including phenoxy) is 1. The highest BCUT2D eigenvalue weighted by Crippen LogP contribution is 2.26. The van der Waals surface area contributed by atoms with E-state index in [2.05, 4.69) is 15.6 Å². The molecule has 1 aromatic carbocycles. The summed E-state index contributed by atoms with van der Waals surface area (Å²) >= 11 is 12.1. The molecule has 1 aliphatic heterocycles. The molecule has 0 saturated carbocycles. The number of Topliss-reactive ketones (excluding diaryl/α,β-unsaturated/α-hetero) is 1. The summed E-state index contributed by atoms with van der Waals surface area (Å²) in [5.74, 6) is -0.301. The van der Waals surface area contributed by atoms with Crippen LogP contribution in [0.5, 0.6) is 0 Å². The molecule has 1 unspecified atom stereocenters. The molecule has 0 aliphatic carbocycles. The second-order valence-corrected chi connectivity index (χ2v) is 7.99. The topological polar surface area (TPSA) is 80.3 Å². The lowest BCUT2D eigenvalue weighted by Crippen LogP contribution is -2.46. The number of nitrogens with zero attached hydrogens (tertiary/aromatic N) is 1. The third kappa shape index (κ3) is 5.79. The Labute approximate surface area is 186 Å². The monoisotopic (exact) mass is 449 g/mol. The standard InChI is InChI=1S/C22H25Cl2N3O3/c1-2-30-22(29)19-5-3-4-16(27-19)13-26-20(14-8-10-25-11-9-14)21(28)15-6-7-17(23)18(24)12-15/h3-7,12,14,20,25-26H,2,8-11,13H2,1H3. The van der Waals surface area contributed by atoms with Gasteiger partial charge in [0.25, 0.3) is 0 Å². The first kappa shape index (κ1) is 22.7. The smallest absolute Gasteiger partial charge is 0.356 e. The van der Waals surface area contributed by atoms with E-state index in [0.717, 1.165) is 25.9 Å². The van der Waals surface area contributed by atoms with Crippen LogP contribution < -0.4 is 10.6 Å². The quantitative estimate of drug-likeness (QED) is 0.469. The van der Waals surface area contributed by atoms with Crippen LogP contribution in [0.4, 0.5) is 0 Å². The molecule has 0 radical (unpaired) electrons. The van der Waals surface area contributed by atoms with Crippen molar-refractivity contribution in [3.63, 3.8) is 0 Å². The summed E-state index contributed by atoms with van der Waals surface area (Å²) < 4.78 is 5.01. The van der Waals surface area contributed by atoms with Gasteiger partial charge in [0.2, 0.25) is 0 Å². The van der Waals surface area contributed by atoms with E-state index in [9.17, 15) is 9.59 Å². The van der Waals surface area contributed by atoms with Crippen molar-refractivity contribution in [2.45, 2.75) is 32.4 Å². The maximum absolute atomic E-state index is 13.3. The number of halogens is 2. The average Bonchev–Trinajstić information content (AvgIpc) is 2.77. The molecule has 0 spiro atoms.